The molecular formula is C8H18Si. The summed E-state index contributed by atoms with van der Waals surface area (Å²) in [4.78, 5) is 0. The third kappa shape index (κ3) is 8.22. The summed E-state index contributed by atoms with van der Waals surface area (Å²) < 4.78 is 0. The maximum Gasteiger partial charge on any atom is 0.0383 e. The number of rotatable bonds is 4. The molecule has 2 radical (unpaired) electrons. The molecule has 0 saturated carbocycles. The molecule has 1 heteroatoms. The summed E-state index contributed by atoms with van der Waals surface area (Å²) in [6.45, 7) is 9.20. The molecule has 0 atom stereocenters. The zero-order chi connectivity index (χ0) is 7.28. The molecule has 0 aromatic heterocycles. The topological polar surface area (TPSA) is 0 Å². The minimum absolute atomic E-state index is 0.905. The molecule has 0 aliphatic rings. The lowest BCUT2D eigenvalue weighted by Crippen LogP contribution is -1.99. The molecule has 0 aromatic rings. The van der Waals surface area contributed by atoms with Crippen molar-refractivity contribution in [2.75, 3.05) is 0 Å². The van der Waals surface area contributed by atoms with Crippen molar-refractivity contribution in [2.24, 2.45) is 11.8 Å². The zero-order valence-electron chi connectivity index (χ0n) is 7.07. The second-order valence-electron chi connectivity index (χ2n) is 3.45. The Morgan fingerprint density at radius 2 is 1.22 bits per heavy atom. The van der Waals surface area contributed by atoms with E-state index in [-0.39, 0.29) is 0 Å². The lowest BCUT2D eigenvalue weighted by molar-refractivity contribution is 0.700. The predicted molar refractivity (Wildman–Crippen MR) is 45.0 cm³/mol. The van der Waals surface area contributed by atoms with E-state index < -0.39 is 0 Å². The number of hydrogen-bond donors (Lipinski definition) is 0. The Morgan fingerprint density at radius 1 is 0.889 bits per heavy atom. The second kappa shape index (κ2) is 5.04. The normalized spacial score (nSPS) is 11.3. The fourth-order valence-electron chi connectivity index (χ4n) is 0.661. The van der Waals surface area contributed by atoms with E-state index in [1.807, 2.05) is 0 Å². The average molecular weight is 142 g/mol. The van der Waals surface area contributed by atoms with Crippen molar-refractivity contribution in [3.8, 4) is 0 Å². The van der Waals surface area contributed by atoms with Crippen molar-refractivity contribution in [2.45, 2.75) is 39.8 Å². The van der Waals surface area contributed by atoms with Gasteiger partial charge in [-0.3, -0.25) is 0 Å². The van der Waals surface area contributed by atoms with E-state index in [1.54, 1.807) is 0 Å². The quantitative estimate of drug-likeness (QED) is 0.529. The van der Waals surface area contributed by atoms with Gasteiger partial charge < -0.3 is 0 Å². The Kier molecular flexibility index (Phi) is 5.16. The van der Waals surface area contributed by atoms with Crippen LogP contribution < -0.4 is 0 Å². The fourth-order valence-corrected chi connectivity index (χ4v) is 1.98. The first-order chi connectivity index (χ1) is 4.13. The summed E-state index contributed by atoms with van der Waals surface area (Å²) in [7, 11) is 1.19. The van der Waals surface area contributed by atoms with E-state index in [0.717, 1.165) is 11.8 Å². The lowest BCUT2D eigenvalue weighted by Gasteiger charge is -2.04. The molecule has 9 heavy (non-hydrogen) atoms. The molecule has 0 unspecified atom stereocenters. The molecule has 0 N–H and O–H groups in total. The third-order valence-corrected chi connectivity index (χ3v) is 3.32. The standard InChI is InChI=1S/C8H18Si/c1-7(2)5-9-6-8(3)4/h7-8H,5-6H2,1-4H3. The first-order valence-electron chi connectivity index (χ1n) is 3.83. The van der Waals surface area contributed by atoms with Crippen LogP contribution in [0.3, 0.4) is 0 Å². The molecule has 0 aliphatic carbocycles. The Hall–Kier alpha value is 0.217. The van der Waals surface area contributed by atoms with Gasteiger partial charge in [0.1, 0.15) is 0 Å². The molecule has 0 bridgehead atoms. The predicted octanol–water partition coefficient (Wildman–Crippen LogP) is 2.84. The van der Waals surface area contributed by atoms with Gasteiger partial charge in [-0.25, -0.2) is 0 Å². The average Bonchev–Trinajstić information content (AvgIpc) is 1.63. The van der Waals surface area contributed by atoms with Gasteiger partial charge in [-0.15, -0.1) is 0 Å². The highest BCUT2D eigenvalue weighted by molar-refractivity contribution is 6.35. The van der Waals surface area contributed by atoms with Crippen LogP contribution in [-0.2, 0) is 0 Å². The van der Waals surface area contributed by atoms with Gasteiger partial charge in [0.25, 0.3) is 0 Å². The van der Waals surface area contributed by atoms with Crippen LogP contribution in [0.4, 0.5) is 0 Å². The molecule has 0 spiro atoms. The smallest absolute Gasteiger partial charge is 0.0383 e. The van der Waals surface area contributed by atoms with Crippen LogP contribution in [0.2, 0.25) is 12.1 Å². The maximum atomic E-state index is 2.30. The Labute approximate surface area is 61.9 Å². The summed E-state index contributed by atoms with van der Waals surface area (Å²) >= 11 is 0. The fraction of sp³-hybridized carbons (Fsp3) is 1.00. The molecule has 0 amide bonds. The van der Waals surface area contributed by atoms with Gasteiger partial charge >= 0.3 is 0 Å². The van der Waals surface area contributed by atoms with Crippen molar-refractivity contribution in [3.05, 3.63) is 0 Å². The Morgan fingerprint density at radius 3 is 1.44 bits per heavy atom. The first kappa shape index (κ1) is 9.22. The van der Waals surface area contributed by atoms with Gasteiger partial charge in [-0.05, 0) is 11.8 Å². The van der Waals surface area contributed by atoms with Gasteiger partial charge in [0.2, 0.25) is 0 Å². The van der Waals surface area contributed by atoms with Crippen LogP contribution in [0.25, 0.3) is 0 Å². The zero-order valence-corrected chi connectivity index (χ0v) is 8.07. The second-order valence-corrected chi connectivity index (χ2v) is 4.76. The van der Waals surface area contributed by atoms with E-state index in [4.69, 9.17) is 0 Å². The van der Waals surface area contributed by atoms with Crippen LogP contribution in [0.15, 0.2) is 0 Å². The van der Waals surface area contributed by atoms with Crippen molar-refractivity contribution < 1.29 is 0 Å². The van der Waals surface area contributed by atoms with Crippen molar-refractivity contribution in [3.63, 3.8) is 0 Å². The van der Waals surface area contributed by atoms with Gasteiger partial charge in [-0.1, -0.05) is 39.8 Å². The van der Waals surface area contributed by atoms with Crippen LogP contribution in [0.5, 0.6) is 0 Å². The van der Waals surface area contributed by atoms with E-state index in [9.17, 15) is 0 Å². The highest BCUT2D eigenvalue weighted by Gasteiger charge is 1.97. The van der Waals surface area contributed by atoms with Crippen molar-refractivity contribution >= 4 is 9.52 Å². The van der Waals surface area contributed by atoms with Gasteiger partial charge in [0.05, 0.1) is 0 Å². The minimum Gasteiger partial charge on any atom is -0.0631 e. The van der Waals surface area contributed by atoms with E-state index in [1.165, 1.54) is 21.6 Å². The van der Waals surface area contributed by atoms with Crippen molar-refractivity contribution in [1.82, 2.24) is 0 Å². The van der Waals surface area contributed by atoms with Crippen LogP contribution in [-0.4, -0.2) is 9.52 Å². The van der Waals surface area contributed by atoms with Crippen molar-refractivity contribution in [1.29, 1.82) is 0 Å². The van der Waals surface area contributed by atoms with E-state index in [0.29, 0.717) is 0 Å². The Balaban J connectivity index is 2.91. The summed E-state index contributed by atoms with van der Waals surface area (Å²) in [5, 5.41) is 0. The molecule has 0 saturated heterocycles. The SMILES string of the molecule is CC(C)C[Si]CC(C)C. The summed E-state index contributed by atoms with van der Waals surface area (Å²) in [5.41, 5.74) is 0. The molecule has 0 heterocycles. The third-order valence-electron chi connectivity index (χ3n) is 1.11. The molecule has 0 aromatic carbocycles. The summed E-state index contributed by atoms with van der Waals surface area (Å²) in [6, 6.07) is 2.86. The summed E-state index contributed by atoms with van der Waals surface area (Å²) in [6.07, 6.45) is 0. The van der Waals surface area contributed by atoms with Crippen LogP contribution in [0, 0.1) is 11.8 Å². The van der Waals surface area contributed by atoms with Gasteiger partial charge in [0.15, 0.2) is 0 Å². The number of hydrogen-bond acceptors (Lipinski definition) is 0. The van der Waals surface area contributed by atoms with Gasteiger partial charge in [0, 0.05) is 9.52 Å². The van der Waals surface area contributed by atoms with Gasteiger partial charge in [-0.2, -0.15) is 0 Å². The maximum absolute atomic E-state index is 2.30. The first-order valence-corrected chi connectivity index (χ1v) is 5.25. The Bertz CT molecular complexity index is 49.6. The lowest BCUT2D eigenvalue weighted by atomic mass is 10.3. The molecular weight excluding hydrogens is 124 g/mol. The highest BCUT2D eigenvalue weighted by atomic mass is 28.2. The van der Waals surface area contributed by atoms with E-state index in [2.05, 4.69) is 27.7 Å². The molecule has 0 aliphatic heterocycles. The van der Waals surface area contributed by atoms with Crippen LogP contribution in [0.1, 0.15) is 27.7 Å². The molecule has 54 valence electrons. The molecule has 0 rings (SSSR count). The largest absolute Gasteiger partial charge is 0.0631 e. The highest BCUT2D eigenvalue weighted by Crippen LogP contribution is 2.05. The minimum atomic E-state index is 0.905. The van der Waals surface area contributed by atoms with E-state index >= 15 is 0 Å². The monoisotopic (exact) mass is 142 g/mol. The summed E-state index contributed by atoms with van der Waals surface area (Å²) in [5.74, 6) is 1.81. The molecule has 0 fully saturated rings. The molecule has 0 nitrogen and oxygen atoms in total. The van der Waals surface area contributed by atoms with Crippen LogP contribution >= 0.6 is 0 Å².